The van der Waals surface area contributed by atoms with Crippen molar-refractivity contribution in [1.82, 2.24) is 0 Å². The Balaban J connectivity index is 5.19. The van der Waals surface area contributed by atoms with E-state index in [4.69, 9.17) is 37.0 Å². The van der Waals surface area contributed by atoms with Crippen LogP contribution in [0.1, 0.15) is 419 Å². The molecule has 576 valence electrons. The van der Waals surface area contributed by atoms with Crippen LogP contribution in [0.3, 0.4) is 0 Å². The summed E-state index contributed by atoms with van der Waals surface area (Å²) in [5.41, 5.74) is 0. The third-order valence-electron chi connectivity index (χ3n) is 18.4. The van der Waals surface area contributed by atoms with Gasteiger partial charge in [0.15, 0.2) is 12.2 Å². The molecule has 0 heterocycles. The van der Waals surface area contributed by atoms with E-state index >= 15 is 0 Å². The van der Waals surface area contributed by atoms with Gasteiger partial charge in [-0.3, -0.25) is 37.3 Å². The molecule has 0 saturated heterocycles. The second-order valence-corrected chi connectivity index (χ2v) is 31.0. The van der Waals surface area contributed by atoms with Crippen LogP contribution in [0.5, 0.6) is 0 Å². The highest BCUT2D eigenvalue weighted by Crippen LogP contribution is 2.45. The average molecular weight is 1420 g/mol. The summed E-state index contributed by atoms with van der Waals surface area (Å²) in [6, 6.07) is 0. The van der Waals surface area contributed by atoms with Crippen LogP contribution in [-0.2, 0) is 65.4 Å². The van der Waals surface area contributed by atoms with Crippen LogP contribution in [0.4, 0.5) is 0 Å². The first-order valence-corrected chi connectivity index (χ1v) is 43.8. The van der Waals surface area contributed by atoms with Gasteiger partial charge >= 0.3 is 39.5 Å². The van der Waals surface area contributed by atoms with E-state index in [-0.39, 0.29) is 25.7 Å². The molecule has 2 unspecified atom stereocenters. The molecule has 0 aromatic heterocycles. The summed E-state index contributed by atoms with van der Waals surface area (Å²) in [6.07, 6.45) is 63.9. The molecule has 0 fully saturated rings. The summed E-state index contributed by atoms with van der Waals surface area (Å²) in [7, 11) is -9.91. The lowest BCUT2D eigenvalue weighted by Crippen LogP contribution is -2.30. The topological polar surface area (TPSA) is 237 Å². The molecule has 0 rings (SSSR count). The molecule has 0 aliphatic rings. The Morgan fingerprint density at radius 2 is 0.412 bits per heavy atom. The zero-order chi connectivity index (χ0) is 71.1. The van der Waals surface area contributed by atoms with Crippen LogP contribution in [0.15, 0.2) is 0 Å². The van der Waals surface area contributed by atoms with E-state index in [2.05, 4.69) is 27.7 Å². The van der Waals surface area contributed by atoms with Crippen LogP contribution in [0, 0.1) is 0 Å². The molecule has 0 bridgehead atoms. The normalized spacial score (nSPS) is 13.8. The standard InChI is InChI=1S/C78H152O17P2/c1-5-9-13-17-21-25-28-31-33-35-36-37-38-40-43-46-49-53-57-61-65-78(83)95-74(69-89-76(81)63-59-55-51-47-44-42-39-34-32-29-26-22-18-14-10-6-2)71-93-97(86,87)91-67-72(79)66-90-96(84,85)92-70-73(68-88-75(80)62-58-54-50-24-20-16-12-8-4)94-77(82)64-60-56-52-48-45-41-30-27-23-19-15-11-7-3/h72-74,79H,5-71H2,1-4H3,(H,84,85)(H,86,87)/t72-,73+,74+/m0/s1. The summed E-state index contributed by atoms with van der Waals surface area (Å²) in [5.74, 6) is -2.11. The number of phosphoric acid groups is 2. The molecular formula is C78H152O17P2. The van der Waals surface area contributed by atoms with Crippen molar-refractivity contribution in [2.24, 2.45) is 0 Å². The highest BCUT2D eigenvalue weighted by Gasteiger charge is 2.30. The maximum absolute atomic E-state index is 13.1. The molecule has 97 heavy (non-hydrogen) atoms. The number of carbonyl (C=O) groups excluding carboxylic acids is 4. The third-order valence-corrected chi connectivity index (χ3v) is 20.3. The van der Waals surface area contributed by atoms with Crippen LogP contribution in [0.25, 0.3) is 0 Å². The van der Waals surface area contributed by atoms with E-state index in [1.54, 1.807) is 0 Å². The number of unbranched alkanes of at least 4 members (excludes halogenated alkanes) is 53. The summed E-state index contributed by atoms with van der Waals surface area (Å²) in [5, 5.41) is 10.6. The largest absolute Gasteiger partial charge is 0.472 e. The molecule has 19 heteroatoms. The molecule has 0 spiro atoms. The molecular weight excluding hydrogens is 1270 g/mol. The number of carbonyl (C=O) groups is 4. The zero-order valence-electron chi connectivity index (χ0n) is 63.1. The number of ether oxygens (including phenoxy) is 4. The van der Waals surface area contributed by atoms with Crippen molar-refractivity contribution >= 4 is 39.5 Å². The first-order valence-electron chi connectivity index (χ1n) is 40.8. The molecule has 0 aromatic carbocycles. The van der Waals surface area contributed by atoms with E-state index in [1.807, 2.05) is 0 Å². The van der Waals surface area contributed by atoms with Gasteiger partial charge in [-0.05, 0) is 25.7 Å². The lowest BCUT2D eigenvalue weighted by Gasteiger charge is -2.21. The van der Waals surface area contributed by atoms with Gasteiger partial charge in [0.1, 0.15) is 19.3 Å². The Labute approximate surface area is 594 Å². The Bertz CT molecular complexity index is 1840. The summed E-state index contributed by atoms with van der Waals surface area (Å²) >= 11 is 0. The van der Waals surface area contributed by atoms with Gasteiger partial charge < -0.3 is 33.8 Å². The molecule has 0 aliphatic carbocycles. The lowest BCUT2D eigenvalue weighted by atomic mass is 10.0. The van der Waals surface area contributed by atoms with Crippen LogP contribution in [0.2, 0.25) is 0 Å². The molecule has 0 aromatic rings. The number of esters is 4. The van der Waals surface area contributed by atoms with Crippen molar-refractivity contribution in [2.45, 2.75) is 438 Å². The quantitative estimate of drug-likeness (QED) is 0.0222. The Morgan fingerprint density at radius 3 is 0.608 bits per heavy atom. The van der Waals surface area contributed by atoms with Crippen molar-refractivity contribution in [3.63, 3.8) is 0 Å². The number of rotatable bonds is 79. The average Bonchev–Trinajstić information content (AvgIpc) is 0.997. The smallest absolute Gasteiger partial charge is 0.462 e. The van der Waals surface area contributed by atoms with E-state index in [0.717, 1.165) is 89.9 Å². The molecule has 3 N–H and O–H groups in total. The van der Waals surface area contributed by atoms with Crippen LogP contribution < -0.4 is 0 Å². The predicted molar refractivity (Wildman–Crippen MR) is 395 cm³/mol. The zero-order valence-corrected chi connectivity index (χ0v) is 64.8. The summed E-state index contributed by atoms with van der Waals surface area (Å²) in [6.45, 7) is 4.98. The molecule has 5 atom stereocenters. The van der Waals surface area contributed by atoms with E-state index in [1.165, 1.54) is 250 Å². The first kappa shape index (κ1) is 95.1. The maximum Gasteiger partial charge on any atom is 0.472 e. The number of aliphatic hydroxyl groups is 1. The molecule has 0 amide bonds. The van der Waals surface area contributed by atoms with Crippen molar-refractivity contribution in [1.29, 1.82) is 0 Å². The fourth-order valence-corrected chi connectivity index (χ4v) is 13.7. The van der Waals surface area contributed by atoms with Gasteiger partial charge in [-0.1, -0.05) is 368 Å². The first-order chi connectivity index (χ1) is 47.2. The monoisotopic (exact) mass is 1420 g/mol. The van der Waals surface area contributed by atoms with Gasteiger partial charge in [-0.25, -0.2) is 9.13 Å². The molecule has 0 saturated carbocycles. The Hall–Kier alpha value is -1.94. The van der Waals surface area contributed by atoms with E-state index < -0.39 is 97.5 Å². The van der Waals surface area contributed by atoms with Crippen LogP contribution in [-0.4, -0.2) is 96.7 Å². The minimum Gasteiger partial charge on any atom is -0.462 e. The number of hydrogen-bond acceptors (Lipinski definition) is 15. The maximum atomic E-state index is 13.1. The third kappa shape index (κ3) is 72.2. The van der Waals surface area contributed by atoms with Crippen molar-refractivity contribution in [3.05, 3.63) is 0 Å². The summed E-state index contributed by atoms with van der Waals surface area (Å²) in [4.78, 5) is 72.8. The van der Waals surface area contributed by atoms with Gasteiger partial charge in [0.25, 0.3) is 0 Å². The lowest BCUT2D eigenvalue weighted by molar-refractivity contribution is -0.161. The van der Waals surface area contributed by atoms with E-state index in [0.29, 0.717) is 25.7 Å². The number of hydrogen-bond donors (Lipinski definition) is 3. The minimum atomic E-state index is -4.96. The summed E-state index contributed by atoms with van der Waals surface area (Å²) < 4.78 is 68.5. The molecule has 17 nitrogen and oxygen atoms in total. The van der Waals surface area contributed by atoms with E-state index in [9.17, 15) is 43.2 Å². The minimum absolute atomic E-state index is 0.108. The van der Waals surface area contributed by atoms with Crippen LogP contribution >= 0.6 is 15.6 Å². The number of phosphoric ester groups is 2. The highest BCUT2D eigenvalue weighted by molar-refractivity contribution is 7.47. The molecule has 0 aliphatic heterocycles. The second-order valence-electron chi connectivity index (χ2n) is 28.1. The van der Waals surface area contributed by atoms with Crippen molar-refractivity contribution in [2.75, 3.05) is 39.6 Å². The fourth-order valence-electron chi connectivity index (χ4n) is 12.1. The predicted octanol–water partition coefficient (Wildman–Crippen LogP) is 23.4. The van der Waals surface area contributed by atoms with Gasteiger partial charge in [-0.15, -0.1) is 0 Å². The molecule has 0 radical (unpaired) electrons. The fraction of sp³-hybridized carbons (Fsp3) is 0.949. The number of aliphatic hydroxyl groups excluding tert-OH is 1. The van der Waals surface area contributed by atoms with Crippen molar-refractivity contribution in [3.8, 4) is 0 Å². The Morgan fingerprint density at radius 1 is 0.247 bits per heavy atom. The van der Waals surface area contributed by atoms with Gasteiger partial charge in [0.05, 0.1) is 26.4 Å². The van der Waals surface area contributed by atoms with Crippen molar-refractivity contribution < 1.29 is 80.2 Å². The van der Waals surface area contributed by atoms with Gasteiger partial charge in [-0.2, -0.15) is 0 Å². The second kappa shape index (κ2) is 72.4. The SMILES string of the molecule is CCCCCCCCCCCCCCCCCCCCCCC(=O)O[C@H](COC(=O)CCCCCCCCCCCCCCCCCC)COP(=O)(O)OC[C@@H](O)COP(=O)(O)OC[C@@H](COC(=O)CCCCCCCCCC)OC(=O)CCCCCCCCCCCCCCC. The van der Waals surface area contributed by atoms with Gasteiger partial charge in [0.2, 0.25) is 0 Å². The van der Waals surface area contributed by atoms with Gasteiger partial charge in [0, 0.05) is 25.7 Å². The Kier molecular flexibility index (Phi) is 71.0. The highest BCUT2D eigenvalue weighted by atomic mass is 31.2.